The molecule has 0 aliphatic rings. The molecule has 2 heteroatoms. The molecule has 18 heavy (non-hydrogen) atoms. The van der Waals surface area contributed by atoms with Gasteiger partial charge >= 0.3 is 5.97 Å². The molecule has 0 bridgehead atoms. The number of carboxylic acids is 1. The van der Waals surface area contributed by atoms with Gasteiger partial charge in [-0.15, -0.1) is 0 Å². The molecule has 0 aliphatic carbocycles. The van der Waals surface area contributed by atoms with Gasteiger partial charge in [-0.3, -0.25) is 0 Å². The second-order valence-corrected chi connectivity index (χ2v) is 4.89. The second-order valence-electron chi connectivity index (χ2n) is 4.89. The molecule has 0 saturated heterocycles. The van der Waals surface area contributed by atoms with Gasteiger partial charge in [0.15, 0.2) is 0 Å². The molecule has 2 nitrogen and oxygen atoms in total. The molecule has 0 aliphatic heterocycles. The molecule has 104 valence electrons. The normalized spacial score (nSPS) is 9.83. The summed E-state index contributed by atoms with van der Waals surface area (Å²) >= 11 is 0. The fraction of sp³-hybridized carbons (Fsp3) is 0.812. The lowest BCUT2D eigenvalue weighted by molar-refractivity contribution is -0.130. The van der Waals surface area contributed by atoms with Crippen LogP contribution in [0.3, 0.4) is 0 Å². The van der Waals surface area contributed by atoms with Crippen molar-refractivity contribution in [3.8, 4) is 11.8 Å². The predicted molar refractivity (Wildman–Crippen MR) is 76.5 cm³/mol. The van der Waals surface area contributed by atoms with Gasteiger partial charge in [0.05, 0.1) is 0 Å². The zero-order valence-electron chi connectivity index (χ0n) is 11.8. The van der Waals surface area contributed by atoms with E-state index < -0.39 is 5.97 Å². The van der Waals surface area contributed by atoms with Gasteiger partial charge in [0, 0.05) is 12.3 Å². The van der Waals surface area contributed by atoms with Gasteiger partial charge in [-0.1, -0.05) is 77.1 Å². The maximum Gasteiger partial charge on any atom is 0.381 e. The monoisotopic (exact) mass is 252 g/mol. The largest absolute Gasteiger partial charge is 0.472 e. The Labute approximate surface area is 112 Å². The van der Waals surface area contributed by atoms with E-state index in [9.17, 15) is 4.79 Å². The lowest BCUT2D eigenvalue weighted by atomic mass is 10.1. The molecule has 0 aromatic heterocycles. The van der Waals surface area contributed by atoms with Crippen molar-refractivity contribution >= 4 is 5.97 Å². The van der Waals surface area contributed by atoms with E-state index in [4.69, 9.17) is 5.11 Å². The highest BCUT2D eigenvalue weighted by Gasteiger charge is 1.92. The molecule has 0 aromatic carbocycles. The molecule has 0 rings (SSSR count). The molecule has 0 fully saturated rings. The van der Waals surface area contributed by atoms with E-state index in [0.29, 0.717) is 0 Å². The molecular weight excluding hydrogens is 224 g/mol. The van der Waals surface area contributed by atoms with Crippen LogP contribution in [0.1, 0.15) is 84.0 Å². The van der Waals surface area contributed by atoms with Crippen LogP contribution in [0.5, 0.6) is 0 Å². The summed E-state index contributed by atoms with van der Waals surface area (Å²) < 4.78 is 0. The van der Waals surface area contributed by atoms with Crippen LogP contribution in [-0.2, 0) is 4.79 Å². The average molecular weight is 252 g/mol. The topological polar surface area (TPSA) is 37.3 Å². The molecule has 0 heterocycles. The molecule has 0 atom stereocenters. The average Bonchev–Trinajstić information content (AvgIpc) is 2.34. The summed E-state index contributed by atoms with van der Waals surface area (Å²) in [6, 6.07) is 0. The van der Waals surface area contributed by atoms with Crippen LogP contribution in [0.15, 0.2) is 0 Å². The van der Waals surface area contributed by atoms with Crippen LogP contribution >= 0.6 is 0 Å². The van der Waals surface area contributed by atoms with Crippen LogP contribution in [-0.4, -0.2) is 11.1 Å². The lowest BCUT2D eigenvalue weighted by Gasteiger charge is -2.01. The third-order valence-electron chi connectivity index (χ3n) is 3.10. The third-order valence-corrected chi connectivity index (χ3v) is 3.10. The fourth-order valence-corrected chi connectivity index (χ4v) is 2.02. The van der Waals surface area contributed by atoms with Crippen LogP contribution in [0, 0.1) is 11.8 Å². The number of unbranched alkanes of at least 4 members (excludes halogenated alkanes) is 11. The highest BCUT2D eigenvalue weighted by atomic mass is 16.4. The molecule has 0 amide bonds. The van der Waals surface area contributed by atoms with Crippen LogP contribution < -0.4 is 0 Å². The summed E-state index contributed by atoms with van der Waals surface area (Å²) in [5, 5.41) is 8.32. The van der Waals surface area contributed by atoms with E-state index in [1.165, 1.54) is 64.2 Å². The molecule has 0 unspecified atom stereocenters. The van der Waals surface area contributed by atoms with E-state index in [1.807, 2.05) is 0 Å². The summed E-state index contributed by atoms with van der Waals surface area (Å²) in [4.78, 5) is 10.1. The SMILES string of the molecule is CCCCCCCCCCCCCC#CC(=O)O. The van der Waals surface area contributed by atoms with Crippen LogP contribution in [0.4, 0.5) is 0 Å². The van der Waals surface area contributed by atoms with Crippen molar-refractivity contribution in [2.75, 3.05) is 0 Å². The molecule has 0 spiro atoms. The van der Waals surface area contributed by atoms with E-state index >= 15 is 0 Å². The highest BCUT2D eigenvalue weighted by Crippen LogP contribution is 2.11. The molecular formula is C16H28O2. The molecule has 0 aromatic rings. The Hall–Kier alpha value is -0.970. The van der Waals surface area contributed by atoms with E-state index in [2.05, 4.69) is 18.8 Å². The zero-order valence-corrected chi connectivity index (χ0v) is 11.8. The van der Waals surface area contributed by atoms with Gasteiger partial charge in [-0.25, -0.2) is 4.79 Å². The van der Waals surface area contributed by atoms with Crippen molar-refractivity contribution in [3.05, 3.63) is 0 Å². The van der Waals surface area contributed by atoms with Gasteiger partial charge < -0.3 is 5.11 Å². The molecule has 0 saturated carbocycles. The van der Waals surface area contributed by atoms with Crippen LogP contribution in [0.25, 0.3) is 0 Å². The van der Waals surface area contributed by atoms with Crippen molar-refractivity contribution in [2.45, 2.75) is 84.0 Å². The van der Waals surface area contributed by atoms with Gasteiger partial charge in [-0.05, 0) is 6.42 Å². The predicted octanol–water partition coefficient (Wildman–Crippen LogP) is 4.78. The van der Waals surface area contributed by atoms with E-state index in [1.54, 1.807) is 0 Å². The quantitative estimate of drug-likeness (QED) is 0.424. The summed E-state index contributed by atoms with van der Waals surface area (Å²) in [6.07, 6.45) is 15.2. The lowest BCUT2D eigenvalue weighted by Crippen LogP contribution is -1.86. The van der Waals surface area contributed by atoms with Gasteiger partial charge in [0.1, 0.15) is 0 Å². The number of hydrogen-bond donors (Lipinski definition) is 1. The smallest absolute Gasteiger partial charge is 0.381 e. The Balaban J connectivity index is 3.04. The minimum atomic E-state index is -1.02. The Kier molecular flexibility index (Phi) is 13.3. The molecule has 0 radical (unpaired) electrons. The van der Waals surface area contributed by atoms with Gasteiger partial charge in [-0.2, -0.15) is 0 Å². The van der Waals surface area contributed by atoms with E-state index in [0.717, 1.165) is 12.8 Å². The maximum atomic E-state index is 10.1. The maximum absolute atomic E-state index is 10.1. The Morgan fingerprint density at radius 2 is 1.28 bits per heavy atom. The van der Waals surface area contributed by atoms with Crippen molar-refractivity contribution in [2.24, 2.45) is 0 Å². The number of rotatable bonds is 11. The first kappa shape index (κ1) is 17.0. The second kappa shape index (κ2) is 14.1. The van der Waals surface area contributed by atoms with Gasteiger partial charge in [0.2, 0.25) is 0 Å². The molecule has 1 N–H and O–H groups in total. The first-order valence-corrected chi connectivity index (χ1v) is 7.49. The first-order chi connectivity index (χ1) is 8.77. The zero-order chi connectivity index (χ0) is 13.5. The summed E-state index contributed by atoms with van der Waals surface area (Å²) in [5.74, 6) is 3.80. The Morgan fingerprint density at radius 1 is 0.833 bits per heavy atom. The fourth-order valence-electron chi connectivity index (χ4n) is 2.02. The number of carbonyl (C=O) groups is 1. The minimum absolute atomic E-state index is 0.726. The Bertz CT molecular complexity index is 248. The van der Waals surface area contributed by atoms with Gasteiger partial charge in [0.25, 0.3) is 0 Å². The first-order valence-electron chi connectivity index (χ1n) is 7.49. The highest BCUT2D eigenvalue weighted by molar-refractivity contribution is 5.86. The van der Waals surface area contributed by atoms with Crippen molar-refractivity contribution in [3.63, 3.8) is 0 Å². The minimum Gasteiger partial charge on any atom is -0.472 e. The summed E-state index contributed by atoms with van der Waals surface area (Å²) in [6.45, 7) is 2.25. The van der Waals surface area contributed by atoms with Crippen molar-refractivity contribution in [1.29, 1.82) is 0 Å². The number of carboxylic acid groups (broad SMARTS) is 1. The summed E-state index contributed by atoms with van der Waals surface area (Å²) in [7, 11) is 0. The van der Waals surface area contributed by atoms with Crippen molar-refractivity contribution in [1.82, 2.24) is 0 Å². The van der Waals surface area contributed by atoms with Crippen LogP contribution in [0.2, 0.25) is 0 Å². The number of hydrogen-bond acceptors (Lipinski definition) is 1. The Morgan fingerprint density at radius 3 is 1.72 bits per heavy atom. The third kappa shape index (κ3) is 15.0. The number of aliphatic carboxylic acids is 1. The van der Waals surface area contributed by atoms with E-state index in [-0.39, 0.29) is 0 Å². The standard InChI is InChI=1S/C16H28O2/c1-2-3-4-5-6-7-8-9-10-11-12-13-14-15-16(17)18/h2-13H2,1H3,(H,17,18). The summed E-state index contributed by atoms with van der Waals surface area (Å²) in [5.41, 5.74) is 0. The van der Waals surface area contributed by atoms with Crippen molar-refractivity contribution < 1.29 is 9.90 Å².